The number of nitrogens with zero attached hydrogens (tertiary/aromatic N) is 5. The lowest BCUT2D eigenvalue weighted by molar-refractivity contribution is -0.141. The first-order valence-corrected chi connectivity index (χ1v) is 12.3. The maximum atomic E-state index is 13.8. The fraction of sp³-hybridized carbons (Fsp3) is 0.321. The highest BCUT2D eigenvalue weighted by Gasteiger charge is 2.31. The first-order chi connectivity index (χ1) is 17.5. The average Bonchev–Trinajstić information content (AvgIpc) is 3.30. The number of hydrogen-bond donors (Lipinski definition) is 1. The summed E-state index contributed by atoms with van der Waals surface area (Å²) in [5.74, 6) is 0.0511. The van der Waals surface area contributed by atoms with Crippen LogP contribution in [0.25, 0.3) is 11.0 Å². The largest absolute Gasteiger partial charge is 0.354 e. The van der Waals surface area contributed by atoms with Crippen molar-refractivity contribution in [1.29, 1.82) is 0 Å². The van der Waals surface area contributed by atoms with Crippen LogP contribution in [0.5, 0.6) is 0 Å². The van der Waals surface area contributed by atoms with Crippen LogP contribution in [-0.2, 0) is 22.6 Å². The molecule has 1 N–H and O–H groups in total. The van der Waals surface area contributed by atoms with E-state index in [0.717, 1.165) is 28.6 Å². The van der Waals surface area contributed by atoms with Crippen molar-refractivity contribution in [1.82, 2.24) is 30.2 Å². The second-order valence-electron chi connectivity index (χ2n) is 9.22. The summed E-state index contributed by atoms with van der Waals surface area (Å²) >= 11 is 0. The second kappa shape index (κ2) is 12.1. The Morgan fingerprint density at radius 1 is 0.972 bits per heavy atom. The van der Waals surface area contributed by atoms with Gasteiger partial charge >= 0.3 is 0 Å². The zero-order chi connectivity index (χ0) is 25.3. The Hall–Kier alpha value is -4.07. The molecule has 1 atom stereocenters. The lowest BCUT2D eigenvalue weighted by atomic mass is 10.0. The van der Waals surface area contributed by atoms with E-state index in [0.29, 0.717) is 25.4 Å². The number of nitrogens with one attached hydrogen (secondary N) is 1. The Bertz CT molecular complexity index is 1270. The predicted molar refractivity (Wildman–Crippen MR) is 139 cm³/mol. The molecule has 2 aromatic heterocycles. The van der Waals surface area contributed by atoms with Gasteiger partial charge in [-0.25, -0.2) is 4.68 Å². The number of carbonyl (C=O) groups is 2. The van der Waals surface area contributed by atoms with Crippen molar-refractivity contribution < 1.29 is 9.59 Å². The van der Waals surface area contributed by atoms with Gasteiger partial charge in [0.15, 0.2) is 0 Å². The van der Waals surface area contributed by atoms with Crippen LogP contribution in [-0.4, -0.2) is 49.8 Å². The molecule has 0 saturated heterocycles. The third-order valence-electron chi connectivity index (χ3n) is 6.11. The molecule has 8 nitrogen and oxygen atoms in total. The van der Waals surface area contributed by atoms with E-state index in [1.54, 1.807) is 34.1 Å². The van der Waals surface area contributed by atoms with Gasteiger partial charge in [-0.1, -0.05) is 61.5 Å². The minimum Gasteiger partial charge on any atom is -0.354 e. The second-order valence-corrected chi connectivity index (χ2v) is 9.22. The zero-order valence-electron chi connectivity index (χ0n) is 20.7. The number of pyridine rings is 1. The van der Waals surface area contributed by atoms with Crippen LogP contribution < -0.4 is 5.32 Å². The first-order valence-electron chi connectivity index (χ1n) is 12.3. The number of aromatic nitrogens is 4. The smallest absolute Gasteiger partial charge is 0.247 e. The molecule has 4 aromatic rings. The first kappa shape index (κ1) is 25.0. The average molecular weight is 485 g/mol. The lowest BCUT2D eigenvalue weighted by Gasteiger charge is -2.31. The van der Waals surface area contributed by atoms with E-state index in [9.17, 15) is 9.59 Å². The Morgan fingerprint density at radius 2 is 1.69 bits per heavy atom. The Kier molecular flexibility index (Phi) is 8.39. The molecule has 0 unspecified atom stereocenters. The third-order valence-corrected chi connectivity index (χ3v) is 6.11. The Balaban J connectivity index is 1.64. The summed E-state index contributed by atoms with van der Waals surface area (Å²) in [6, 6.07) is 20.3. The molecule has 0 aliphatic rings. The van der Waals surface area contributed by atoms with Crippen molar-refractivity contribution in [2.24, 2.45) is 5.92 Å². The molecular formula is C28H32N6O2. The number of benzene rings is 2. The number of carbonyl (C=O) groups excluding carboxylic acids is 2. The SMILES string of the molecule is CC(C)CCNC(=O)[C@H](c1ccncc1)N(CCc1ccccc1)C(=O)Cn1nnc2ccccc21. The van der Waals surface area contributed by atoms with E-state index in [1.165, 1.54) is 0 Å². The Morgan fingerprint density at radius 3 is 2.44 bits per heavy atom. The van der Waals surface area contributed by atoms with E-state index < -0.39 is 6.04 Å². The summed E-state index contributed by atoms with van der Waals surface area (Å²) in [7, 11) is 0. The molecule has 4 rings (SSSR count). The topological polar surface area (TPSA) is 93.0 Å². The van der Waals surface area contributed by atoms with Gasteiger partial charge in [-0.2, -0.15) is 0 Å². The van der Waals surface area contributed by atoms with E-state index in [1.807, 2.05) is 54.6 Å². The van der Waals surface area contributed by atoms with E-state index in [-0.39, 0.29) is 18.4 Å². The summed E-state index contributed by atoms with van der Waals surface area (Å²) in [6.45, 7) is 5.14. The molecule has 0 bridgehead atoms. The fourth-order valence-electron chi connectivity index (χ4n) is 4.14. The molecular weight excluding hydrogens is 452 g/mol. The normalized spacial score (nSPS) is 12.0. The maximum Gasteiger partial charge on any atom is 0.247 e. The van der Waals surface area contributed by atoms with Crippen molar-refractivity contribution in [3.05, 3.63) is 90.3 Å². The third kappa shape index (κ3) is 6.33. The summed E-state index contributed by atoms with van der Waals surface area (Å²) in [5, 5.41) is 11.4. The predicted octanol–water partition coefficient (Wildman–Crippen LogP) is 3.80. The number of para-hydroxylation sites is 1. The van der Waals surface area contributed by atoms with Crippen LogP contribution in [0, 0.1) is 5.92 Å². The molecule has 0 radical (unpaired) electrons. The minimum atomic E-state index is -0.786. The van der Waals surface area contributed by atoms with Crippen LogP contribution in [0.1, 0.15) is 37.4 Å². The molecule has 2 heterocycles. The molecule has 2 amide bonds. The summed E-state index contributed by atoms with van der Waals surface area (Å²) < 4.78 is 1.59. The van der Waals surface area contributed by atoms with E-state index >= 15 is 0 Å². The number of fused-ring (bicyclic) bond motifs is 1. The number of hydrogen-bond acceptors (Lipinski definition) is 5. The zero-order valence-corrected chi connectivity index (χ0v) is 20.7. The molecule has 0 aliphatic heterocycles. The van der Waals surface area contributed by atoms with Crippen LogP contribution in [0.3, 0.4) is 0 Å². The molecule has 36 heavy (non-hydrogen) atoms. The van der Waals surface area contributed by atoms with Gasteiger partial charge in [0.2, 0.25) is 11.8 Å². The lowest BCUT2D eigenvalue weighted by Crippen LogP contribution is -2.46. The van der Waals surface area contributed by atoms with Crippen molar-refractivity contribution >= 4 is 22.8 Å². The molecule has 2 aromatic carbocycles. The Labute approximate surface area is 211 Å². The van der Waals surface area contributed by atoms with Crippen molar-refractivity contribution in [2.75, 3.05) is 13.1 Å². The monoisotopic (exact) mass is 484 g/mol. The number of amides is 2. The van der Waals surface area contributed by atoms with E-state index in [2.05, 4.69) is 34.5 Å². The molecule has 186 valence electrons. The molecule has 0 saturated carbocycles. The van der Waals surface area contributed by atoms with Crippen molar-refractivity contribution in [2.45, 2.75) is 39.3 Å². The summed E-state index contributed by atoms with van der Waals surface area (Å²) in [4.78, 5) is 33.1. The van der Waals surface area contributed by atoms with Gasteiger partial charge in [0.25, 0.3) is 0 Å². The van der Waals surface area contributed by atoms with Crippen LogP contribution >= 0.6 is 0 Å². The highest BCUT2D eigenvalue weighted by molar-refractivity contribution is 5.89. The maximum absolute atomic E-state index is 13.8. The van der Waals surface area contributed by atoms with Crippen LogP contribution in [0.2, 0.25) is 0 Å². The molecule has 8 heteroatoms. The van der Waals surface area contributed by atoms with Gasteiger partial charge in [-0.3, -0.25) is 14.6 Å². The van der Waals surface area contributed by atoms with Crippen LogP contribution in [0.4, 0.5) is 0 Å². The van der Waals surface area contributed by atoms with E-state index in [4.69, 9.17) is 0 Å². The van der Waals surface area contributed by atoms with Gasteiger partial charge in [0.05, 0.1) is 5.52 Å². The molecule has 0 fully saturated rings. The number of rotatable bonds is 11. The highest BCUT2D eigenvalue weighted by Crippen LogP contribution is 2.23. The van der Waals surface area contributed by atoms with Gasteiger partial charge in [-0.05, 0) is 54.2 Å². The van der Waals surface area contributed by atoms with Crippen molar-refractivity contribution in [3.63, 3.8) is 0 Å². The fourth-order valence-corrected chi connectivity index (χ4v) is 4.14. The molecule has 0 spiro atoms. The van der Waals surface area contributed by atoms with Gasteiger partial charge in [-0.15, -0.1) is 5.10 Å². The minimum absolute atomic E-state index is 0.0177. The quantitative estimate of drug-likeness (QED) is 0.350. The van der Waals surface area contributed by atoms with Gasteiger partial charge in [0, 0.05) is 25.5 Å². The summed E-state index contributed by atoms with van der Waals surface area (Å²) in [5.41, 5.74) is 3.31. The van der Waals surface area contributed by atoms with Crippen LogP contribution in [0.15, 0.2) is 79.1 Å². The molecule has 0 aliphatic carbocycles. The standard InChI is InChI=1S/C28H32N6O2/c1-21(2)12-18-30-28(36)27(23-13-16-29-17-14-23)33(19-15-22-8-4-3-5-9-22)26(35)20-34-25-11-7-6-10-24(25)31-32-34/h3-11,13-14,16-17,21,27H,12,15,18-20H2,1-2H3,(H,30,36)/t27-/m0/s1. The van der Waals surface area contributed by atoms with Gasteiger partial charge in [0.1, 0.15) is 18.1 Å². The summed E-state index contributed by atoms with van der Waals surface area (Å²) in [6.07, 6.45) is 4.77. The highest BCUT2D eigenvalue weighted by atomic mass is 16.2. The van der Waals surface area contributed by atoms with Crippen molar-refractivity contribution in [3.8, 4) is 0 Å². The van der Waals surface area contributed by atoms with Gasteiger partial charge < -0.3 is 10.2 Å².